The van der Waals surface area contributed by atoms with E-state index in [1.54, 1.807) is 0 Å². The second-order valence-electron chi connectivity index (χ2n) is 4.81. The third-order valence-corrected chi connectivity index (χ3v) is 4.56. The molecule has 0 aliphatic heterocycles. The minimum atomic E-state index is 0.212. The number of benzene rings is 1. The minimum absolute atomic E-state index is 0.212. The Labute approximate surface area is 139 Å². The van der Waals surface area contributed by atoms with Crippen LogP contribution in [0.3, 0.4) is 0 Å². The van der Waals surface area contributed by atoms with E-state index in [0.717, 1.165) is 20.4 Å². The first-order valence-corrected chi connectivity index (χ1v) is 8.21. The van der Waals surface area contributed by atoms with Crippen LogP contribution in [-0.4, -0.2) is 14.6 Å². The summed E-state index contributed by atoms with van der Waals surface area (Å²) in [6.45, 7) is 2.80. The molecule has 1 N–H and O–H groups in total. The van der Waals surface area contributed by atoms with Crippen LogP contribution in [0.1, 0.15) is 24.4 Å². The molecule has 0 spiro atoms. The Morgan fingerprint density at radius 2 is 2.05 bits per heavy atom. The van der Waals surface area contributed by atoms with E-state index in [4.69, 9.17) is 0 Å². The highest BCUT2D eigenvalue weighted by atomic mass is 79.9. The Bertz CT molecular complexity index is 769. The zero-order valence-electron chi connectivity index (χ0n) is 11.4. The Kier molecular flexibility index (Phi) is 4.37. The van der Waals surface area contributed by atoms with Crippen LogP contribution in [-0.2, 0) is 6.54 Å². The second kappa shape index (κ2) is 6.25. The number of halogens is 2. The first kappa shape index (κ1) is 14.7. The van der Waals surface area contributed by atoms with Crippen molar-refractivity contribution in [2.24, 2.45) is 0 Å². The average Bonchev–Trinajstić information content (AvgIpc) is 2.88. The number of fused-ring (bicyclic) bond motifs is 1. The number of aromatic nitrogens is 3. The molecule has 0 fully saturated rings. The van der Waals surface area contributed by atoms with Gasteiger partial charge in [-0.15, -0.1) is 10.2 Å². The maximum absolute atomic E-state index is 4.23. The van der Waals surface area contributed by atoms with Gasteiger partial charge in [0.05, 0.1) is 6.54 Å². The molecule has 21 heavy (non-hydrogen) atoms. The van der Waals surface area contributed by atoms with Crippen LogP contribution in [0, 0.1) is 0 Å². The van der Waals surface area contributed by atoms with Gasteiger partial charge in [-0.25, -0.2) is 0 Å². The van der Waals surface area contributed by atoms with Crippen molar-refractivity contribution in [3.63, 3.8) is 0 Å². The summed E-state index contributed by atoms with van der Waals surface area (Å²) in [5.74, 6) is 0.908. The molecule has 0 amide bonds. The molecule has 1 unspecified atom stereocenters. The van der Waals surface area contributed by atoms with Crippen molar-refractivity contribution in [3.8, 4) is 0 Å². The summed E-state index contributed by atoms with van der Waals surface area (Å²) < 4.78 is 4.15. The summed E-state index contributed by atoms with van der Waals surface area (Å²) in [6.07, 6.45) is 1.98. The second-order valence-corrected chi connectivity index (χ2v) is 6.58. The third kappa shape index (κ3) is 3.17. The monoisotopic (exact) mass is 408 g/mol. The molecule has 2 heterocycles. The van der Waals surface area contributed by atoms with Crippen LogP contribution in [0.15, 0.2) is 51.5 Å². The lowest BCUT2D eigenvalue weighted by molar-refractivity contribution is 0.555. The molecule has 0 radical (unpaired) electrons. The van der Waals surface area contributed by atoms with Gasteiger partial charge in [0.15, 0.2) is 11.5 Å². The van der Waals surface area contributed by atoms with Gasteiger partial charge in [0, 0.05) is 21.2 Å². The molecule has 1 aromatic carbocycles. The molecule has 4 nitrogen and oxygen atoms in total. The predicted octanol–water partition coefficient (Wildman–Crippen LogP) is 4.11. The van der Waals surface area contributed by atoms with Gasteiger partial charge in [-0.2, -0.15) is 0 Å². The van der Waals surface area contributed by atoms with Crippen molar-refractivity contribution in [3.05, 3.63) is 62.9 Å². The highest BCUT2D eigenvalue weighted by Crippen LogP contribution is 2.26. The first-order valence-electron chi connectivity index (χ1n) is 6.62. The Hall–Kier alpha value is -1.24. The van der Waals surface area contributed by atoms with E-state index in [1.165, 1.54) is 5.56 Å². The molecule has 3 aromatic rings. The van der Waals surface area contributed by atoms with Crippen molar-refractivity contribution >= 4 is 37.5 Å². The van der Waals surface area contributed by atoms with Crippen LogP contribution in [0.25, 0.3) is 5.65 Å². The fourth-order valence-electron chi connectivity index (χ4n) is 2.22. The first-order chi connectivity index (χ1) is 10.1. The van der Waals surface area contributed by atoms with Crippen LogP contribution in [0.5, 0.6) is 0 Å². The normalized spacial score (nSPS) is 12.7. The SMILES string of the molecule is CC(NCc1nnc2ccccn12)c1ccc(Br)cc1Br. The number of pyridine rings is 1. The average molecular weight is 410 g/mol. The highest BCUT2D eigenvalue weighted by molar-refractivity contribution is 9.11. The Morgan fingerprint density at radius 3 is 2.86 bits per heavy atom. The van der Waals surface area contributed by atoms with Gasteiger partial charge >= 0.3 is 0 Å². The number of hydrogen-bond acceptors (Lipinski definition) is 3. The van der Waals surface area contributed by atoms with Crippen molar-refractivity contribution in [1.29, 1.82) is 0 Å². The number of hydrogen-bond donors (Lipinski definition) is 1. The zero-order valence-corrected chi connectivity index (χ0v) is 14.6. The summed E-state index contributed by atoms with van der Waals surface area (Å²) in [7, 11) is 0. The van der Waals surface area contributed by atoms with Crippen LogP contribution in [0.2, 0.25) is 0 Å². The van der Waals surface area contributed by atoms with Gasteiger partial charge in [-0.05, 0) is 36.8 Å². The number of nitrogens with one attached hydrogen (secondary N) is 1. The van der Waals surface area contributed by atoms with E-state index < -0.39 is 0 Å². The van der Waals surface area contributed by atoms with Crippen molar-refractivity contribution in [1.82, 2.24) is 19.9 Å². The van der Waals surface area contributed by atoms with Gasteiger partial charge in [0.25, 0.3) is 0 Å². The van der Waals surface area contributed by atoms with Crippen molar-refractivity contribution in [2.45, 2.75) is 19.5 Å². The summed E-state index contributed by atoms with van der Waals surface area (Å²) in [5, 5.41) is 11.9. The summed E-state index contributed by atoms with van der Waals surface area (Å²) in [5.41, 5.74) is 2.08. The molecule has 1 atom stereocenters. The maximum atomic E-state index is 4.23. The van der Waals surface area contributed by atoms with Gasteiger partial charge < -0.3 is 5.32 Å². The van der Waals surface area contributed by atoms with Crippen LogP contribution < -0.4 is 5.32 Å². The molecular formula is C15H14Br2N4. The van der Waals surface area contributed by atoms with E-state index in [9.17, 15) is 0 Å². The van der Waals surface area contributed by atoms with Gasteiger partial charge in [0.2, 0.25) is 0 Å². The molecule has 108 valence electrons. The van der Waals surface area contributed by atoms with Gasteiger partial charge in [0.1, 0.15) is 0 Å². The molecule has 6 heteroatoms. The third-order valence-electron chi connectivity index (χ3n) is 3.38. The molecule has 2 aromatic heterocycles. The fourth-order valence-corrected chi connectivity index (χ4v) is 3.61. The van der Waals surface area contributed by atoms with Gasteiger partial charge in [-0.1, -0.05) is 44.0 Å². The summed E-state index contributed by atoms with van der Waals surface area (Å²) in [6, 6.07) is 12.3. The van der Waals surface area contributed by atoms with Crippen molar-refractivity contribution < 1.29 is 0 Å². The highest BCUT2D eigenvalue weighted by Gasteiger charge is 2.11. The maximum Gasteiger partial charge on any atom is 0.160 e. The topological polar surface area (TPSA) is 42.2 Å². The van der Waals surface area contributed by atoms with E-state index in [-0.39, 0.29) is 6.04 Å². The number of nitrogens with zero attached hydrogens (tertiary/aromatic N) is 3. The summed E-state index contributed by atoms with van der Waals surface area (Å²) >= 11 is 7.07. The molecule has 0 bridgehead atoms. The zero-order chi connectivity index (χ0) is 14.8. The predicted molar refractivity (Wildman–Crippen MR) is 90.1 cm³/mol. The standard InChI is InChI=1S/C15H14Br2N4/c1-10(12-6-5-11(16)8-13(12)17)18-9-15-20-19-14-4-2-3-7-21(14)15/h2-8,10,18H,9H2,1H3. The quantitative estimate of drug-likeness (QED) is 0.705. The van der Waals surface area contributed by atoms with Gasteiger partial charge in [-0.3, -0.25) is 4.40 Å². The molecule has 0 saturated heterocycles. The minimum Gasteiger partial charge on any atom is -0.303 e. The van der Waals surface area contributed by atoms with E-state index in [0.29, 0.717) is 6.54 Å². The summed E-state index contributed by atoms with van der Waals surface area (Å²) in [4.78, 5) is 0. The van der Waals surface area contributed by atoms with Crippen LogP contribution in [0.4, 0.5) is 0 Å². The molecule has 0 aliphatic carbocycles. The lowest BCUT2D eigenvalue weighted by Crippen LogP contribution is -2.20. The van der Waals surface area contributed by atoms with E-state index >= 15 is 0 Å². The smallest absolute Gasteiger partial charge is 0.160 e. The molecule has 0 aliphatic rings. The van der Waals surface area contributed by atoms with E-state index in [1.807, 2.05) is 34.9 Å². The molecular weight excluding hydrogens is 396 g/mol. The van der Waals surface area contributed by atoms with Crippen molar-refractivity contribution in [2.75, 3.05) is 0 Å². The lowest BCUT2D eigenvalue weighted by atomic mass is 10.1. The largest absolute Gasteiger partial charge is 0.303 e. The number of rotatable bonds is 4. The van der Waals surface area contributed by atoms with Crippen LogP contribution >= 0.6 is 31.9 Å². The van der Waals surface area contributed by atoms with E-state index in [2.05, 4.69) is 66.4 Å². The molecule has 3 rings (SSSR count). The lowest BCUT2D eigenvalue weighted by Gasteiger charge is -2.15. The molecule has 0 saturated carbocycles. The Balaban J connectivity index is 1.75. The Morgan fingerprint density at radius 1 is 1.19 bits per heavy atom. The fraction of sp³-hybridized carbons (Fsp3) is 0.200.